The summed E-state index contributed by atoms with van der Waals surface area (Å²) in [6.07, 6.45) is 0. The first-order valence-corrected chi connectivity index (χ1v) is 6.59. The maximum Gasteiger partial charge on any atom is 0.259 e. The quantitative estimate of drug-likeness (QED) is 0.895. The lowest BCUT2D eigenvalue weighted by Crippen LogP contribution is -2.13. The van der Waals surface area contributed by atoms with E-state index in [-0.39, 0.29) is 11.8 Å². The van der Waals surface area contributed by atoms with Crippen molar-refractivity contribution in [1.29, 1.82) is 0 Å². The molecule has 0 aromatic carbocycles. The van der Waals surface area contributed by atoms with E-state index in [2.05, 4.69) is 20.5 Å². The highest BCUT2D eigenvalue weighted by atomic mass is 32.1. The average Bonchev–Trinajstić information content (AvgIpc) is 2.85. The largest absolute Gasteiger partial charge is 0.289 e. The van der Waals surface area contributed by atoms with Gasteiger partial charge in [-0.15, -0.1) is 16.4 Å². The van der Waals surface area contributed by atoms with Crippen molar-refractivity contribution in [3.63, 3.8) is 0 Å². The summed E-state index contributed by atoms with van der Waals surface area (Å²) >= 11 is 1.61. The molecule has 0 atom stereocenters. The standard InChI is InChI=1S/C12H16N4OS/c1-6(2)10-13-12(16-15-10)14-11(17)9-5-7(3)18-8(9)4/h5-6H,1-4H3,(H2,13,14,15,16,17). The minimum absolute atomic E-state index is 0.161. The molecule has 0 spiro atoms. The molecule has 18 heavy (non-hydrogen) atoms. The fourth-order valence-electron chi connectivity index (χ4n) is 1.61. The van der Waals surface area contributed by atoms with Gasteiger partial charge in [0.15, 0.2) is 0 Å². The van der Waals surface area contributed by atoms with Crippen molar-refractivity contribution < 1.29 is 4.79 Å². The number of aromatic amines is 1. The number of aryl methyl sites for hydroxylation is 2. The number of carbonyl (C=O) groups excluding carboxylic acids is 1. The maximum atomic E-state index is 12.0. The van der Waals surface area contributed by atoms with Gasteiger partial charge in [0.05, 0.1) is 5.56 Å². The van der Waals surface area contributed by atoms with Crippen molar-refractivity contribution in [1.82, 2.24) is 15.2 Å². The molecule has 0 aliphatic rings. The molecule has 2 aromatic rings. The summed E-state index contributed by atoms with van der Waals surface area (Å²) in [6, 6.07) is 1.88. The number of nitrogens with one attached hydrogen (secondary N) is 2. The third-order valence-electron chi connectivity index (χ3n) is 2.56. The van der Waals surface area contributed by atoms with Crippen molar-refractivity contribution >= 4 is 23.2 Å². The highest BCUT2D eigenvalue weighted by Gasteiger charge is 2.14. The molecule has 0 aliphatic heterocycles. The summed E-state index contributed by atoms with van der Waals surface area (Å²) in [4.78, 5) is 18.4. The number of thiophene rings is 1. The number of carbonyl (C=O) groups is 1. The molecular formula is C12H16N4OS. The number of hydrogen-bond acceptors (Lipinski definition) is 4. The predicted octanol–water partition coefficient (Wildman–Crippen LogP) is 2.86. The molecule has 0 saturated carbocycles. The van der Waals surface area contributed by atoms with Gasteiger partial charge in [-0.05, 0) is 19.9 Å². The molecule has 6 heteroatoms. The summed E-state index contributed by atoms with van der Waals surface area (Å²) in [5, 5.41) is 9.49. The zero-order valence-electron chi connectivity index (χ0n) is 10.9. The van der Waals surface area contributed by atoms with E-state index in [1.54, 1.807) is 11.3 Å². The molecule has 0 saturated heterocycles. The minimum atomic E-state index is -0.161. The summed E-state index contributed by atoms with van der Waals surface area (Å²) in [7, 11) is 0. The minimum Gasteiger partial charge on any atom is -0.289 e. The van der Waals surface area contributed by atoms with Crippen LogP contribution < -0.4 is 5.32 Å². The van der Waals surface area contributed by atoms with Crippen molar-refractivity contribution in [3.05, 3.63) is 27.2 Å². The normalized spacial score (nSPS) is 10.9. The number of aromatic nitrogens is 3. The van der Waals surface area contributed by atoms with E-state index in [9.17, 15) is 4.79 Å². The van der Waals surface area contributed by atoms with Crippen molar-refractivity contribution in [2.45, 2.75) is 33.6 Å². The molecule has 2 N–H and O–H groups in total. The molecule has 0 aliphatic carbocycles. The highest BCUT2D eigenvalue weighted by molar-refractivity contribution is 7.12. The van der Waals surface area contributed by atoms with Crippen LogP contribution in [0.2, 0.25) is 0 Å². The Morgan fingerprint density at radius 3 is 2.67 bits per heavy atom. The van der Waals surface area contributed by atoms with E-state index >= 15 is 0 Å². The zero-order chi connectivity index (χ0) is 13.3. The van der Waals surface area contributed by atoms with Gasteiger partial charge in [0.25, 0.3) is 5.91 Å². The van der Waals surface area contributed by atoms with E-state index in [4.69, 9.17) is 0 Å². The first kappa shape index (κ1) is 12.8. The van der Waals surface area contributed by atoms with E-state index in [0.29, 0.717) is 11.5 Å². The Hall–Kier alpha value is -1.69. The number of rotatable bonds is 3. The number of hydrogen-bond donors (Lipinski definition) is 2. The number of nitrogens with zero attached hydrogens (tertiary/aromatic N) is 2. The first-order chi connectivity index (χ1) is 8.47. The maximum absolute atomic E-state index is 12.0. The van der Waals surface area contributed by atoms with Gasteiger partial charge in [-0.25, -0.2) is 0 Å². The average molecular weight is 264 g/mol. The van der Waals surface area contributed by atoms with Gasteiger partial charge in [-0.1, -0.05) is 13.8 Å². The van der Waals surface area contributed by atoms with Crippen LogP contribution in [0.25, 0.3) is 0 Å². The monoisotopic (exact) mass is 264 g/mol. The molecule has 5 nitrogen and oxygen atoms in total. The molecule has 2 aromatic heterocycles. The third-order valence-corrected chi connectivity index (χ3v) is 3.53. The lowest BCUT2D eigenvalue weighted by Gasteiger charge is -1.99. The number of H-pyrrole nitrogens is 1. The van der Waals surface area contributed by atoms with Gasteiger partial charge >= 0.3 is 0 Å². The molecule has 0 bridgehead atoms. The van der Waals surface area contributed by atoms with E-state index in [1.807, 2.05) is 33.8 Å². The molecule has 0 fully saturated rings. The predicted molar refractivity (Wildman–Crippen MR) is 72.2 cm³/mol. The van der Waals surface area contributed by atoms with Gasteiger partial charge in [0, 0.05) is 15.7 Å². The smallest absolute Gasteiger partial charge is 0.259 e. The Kier molecular flexibility index (Phi) is 3.47. The van der Waals surface area contributed by atoms with Crippen LogP contribution in [0.15, 0.2) is 6.07 Å². The highest BCUT2D eigenvalue weighted by Crippen LogP contribution is 2.21. The van der Waals surface area contributed by atoms with Crippen molar-refractivity contribution in [2.75, 3.05) is 5.32 Å². The zero-order valence-corrected chi connectivity index (χ0v) is 11.7. The molecule has 96 valence electrons. The van der Waals surface area contributed by atoms with Crippen LogP contribution in [0.3, 0.4) is 0 Å². The summed E-state index contributed by atoms with van der Waals surface area (Å²) in [5.41, 5.74) is 0.688. The molecule has 0 unspecified atom stereocenters. The molecule has 0 radical (unpaired) electrons. The van der Waals surface area contributed by atoms with Crippen LogP contribution in [0.1, 0.15) is 45.7 Å². The number of amides is 1. The second-order valence-electron chi connectivity index (χ2n) is 4.48. The molecule has 2 heterocycles. The van der Waals surface area contributed by atoms with Gasteiger partial charge in [0.1, 0.15) is 5.82 Å². The SMILES string of the molecule is Cc1cc(C(=O)Nc2n[nH]c(C(C)C)n2)c(C)s1. The van der Waals surface area contributed by atoms with Crippen molar-refractivity contribution in [2.24, 2.45) is 0 Å². The fourth-order valence-corrected chi connectivity index (χ4v) is 2.53. The van der Waals surface area contributed by atoms with Crippen LogP contribution in [-0.4, -0.2) is 21.1 Å². The summed E-state index contributed by atoms with van der Waals surface area (Å²) in [5.74, 6) is 1.19. The van der Waals surface area contributed by atoms with Crippen LogP contribution in [0.4, 0.5) is 5.95 Å². The van der Waals surface area contributed by atoms with Crippen LogP contribution in [0.5, 0.6) is 0 Å². The van der Waals surface area contributed by atoms with Gasteiger partial charge in [0.2, 0.25) is 5.95 Å². The lowest BCUT2D eigenvalue weighted by atomic mass is 10.2. The van der Waals surface area contributed by atoms with Crippen LogP contribution >= 0.6 is 11.3 Å². The Morgan fingerprint density at radius 1 is 1.44 bits per heavy atom. The van der Waals surface area contributed by atoms with Crippen molar-refractivity contribution in [3.8, 4) is 0 Å². The number of anilines is 1. The van der Waals surface area contributed by atoms with E-state index in [0.717, 1.165) is 15.6 Å². The molecule has 2 rings (SSSR count). The summed E-state index contributed by atoms with van der Waals surface area (Å²) in [6.45, 7) is 7.94. The summed E-state index contributed by atoms with van der Waals surface area (Å²) < 4.78 is 0. The topological polar surface area (TPSA) is 70.7 Å². The third kappa shape index (κ3) is 2.59. The first-order valence-electron chi connectivity index (χ1n) is 5.78. The Labute approximate surface area is 110 Å². The van der Waals surface area contributed by atoms with E-state index < -0.39 is 0 Å². The van der Waals surface area contributed by atoms with Crippen LogP contribution in [-0.2, 0) is 0 Å². The fraction of sp³-hybridized carbons (Fsp3) is 0.417. The molecular weight excluding hydrogens is 248 g/mol. The Bertz CT molecular complexity index is 570. The van der Waals surface area contributed by atoms with Crippen LogP contribution in [0, 0.1) is 13.8 Å². The Morgan fingerprint density at radius 2 is 2.17 bits per heavy atom. The van der Waals surface area contributed by atoms with E-state index in [1.165, 1.54) is 0 Å². The lowest BCUT2D eigenvalue weighted by molar-refractivity contribution is 0.102. The second-order valence-corrected chi connectivity index (χ2v) is 5.94. The van der Waals surface area contributed by atoms with Gasteiger partial charge < -0.3 is 0 Å². The molecule has 1 amide bonds. The second kappa shape index (κ2) is 4.89. The Balaban J connectivity index is 2.13. The van der Waals surface area contributed by atoms with Gasteiger partial charge in [-0.2, -0.15) is 4.98 Å². The van der Waals surface area contributed by atoms with Gasteiger partial charge in [-0.3, -0.25) is 15.2 Å².